The molecule has 5 heteroatoms. The summed E-state index contributed by atoms with van der Waals surface area (Å²) in [6.45, 7) is 4.17. The second kappa shape index (κ2) is 6.33. The SMILES string of the molecule is CC(C)C(NC(=O)c1cc2ccccc2s1)c1nc2ccccc2[nH]1. The molecule has 0 spiro atoms. The number of para-hydroxylation sites is 2. The Bertz CT molecular complexity index is 981. The molecule has 0 aliphatic carbocycles. The first-order chi connectivity index (χ1) is 12.1. The molecular weight excluding hydrogens is 330 g/mol. The number of imidazole rings is 1. The van der Waals surface area contributed by atoms with Crippen molar-refractivity contribution in [3.05, 3.63) is 65.3 Å². The molecule has 0 aliphatic rings. The number of thiophene rings is 1. The van der Waals surface area contributed by atoms with E-state index in [1.165, 1.54) is 11.3 Å². The van der Waals surface area contributed by atoms with Gasteiger partial charge in [0, 0.05) is 4.70 Å². The smallest absolute Gasteiger partial charge is 0.261 e. The van der Waals surface area contributed by atoms with Gasteiger partial charge in [0.15, 0.2) is 0 Å². The summed E-state index contributed by atoms with van der Waals surface area (Å²) in [5.74, 6) is 0.963. The van der Waals surface area contributed by atoms with Gasteiger partial charge in [0.2, 0.25) is 0 Å². The van der Waals surface area contributed by atoms with Gasteiger partial charge < -0.3 is 10.3 Å². The number of aromatic amines is 1. The fourth-order valence-corrected chi connectivity index (χ4v) is 3.94. The molecule has 2 aromatic carbocycles. The summed E-state index contributed by atoms with van der Waals surface area (Å²) in [5, 5.41) is 4.25. The lowest BCUT2D eigenvalue weighted by atomic mass is 10.0. The van der Waals surface area contributed by atoms with E-state index < -0.39 is 0 Å². The number of carbonyl (C=O) groups is 1. The van der Waals surface area contributed by atoms with Crippen molar-refractivity contribution >= 4 is 38.4 Å². The Morgan fingerprint density at radius 3 is 2.64 bits per heavy atom. The maximum atomic E-state index is 12.8. The number of aromatic nitrogens is 2. The predicted octanol–water partition coefficient (Wildman–Crippen LogP) is 4.90. The Morgan fingerprint density at radius 1 is 1.12 bits per heavy atom. The van der Waals surface area contributed by atoms with Crippen LogP contribution in [-0.2, 0) is 0 Å². The molecule has 1 amide bonds. The van der Waals surface area contributed by atoms with E-state index in [2.05, 4.69) is 29.1 Å². The molecule has 4 nitrogen and oxygen atoms in total. The molecular formula is C20H19N3OS. The van der Waals surface area contributed by atoms with Crippen LogP contribution in [0.2, 0.25) is 0 Å². The third-order valence-electron chi connectivity index (χ3n) is 4.30. The largest absolute Gasteiger partial charge is 0.341 e. The molecule has 0 aliphatic heterocycles. The summed E-state index contributed by atoms with van der Waals surface area (Å²) in [5.41, 5.74) is 1.90. The van der Waals surface area contributed by atoms with E-state index in [0.29, 0.717) is 0 Å². The maximum absolute atomic E-state index is 12.8. The molecule has 25 heavy (non-hydrogen) atoms. The second-order valence-corrected chi connectivity index (χ2v) is 7.57. The number of hydrogen-bond acceptors (Lipinski definition) is 3. The zero-order valence-electron chi connectivity index (χ0n) is 14.1. The van der Waals surface area contributed by atoms with Crippen LogP contribution in [0.5, 0.6) is 0 Å². The summed E-state index contributed by atoms with van der Waals surface area (Å²) in [6.07, 6.45) is 0. The van der Waals surface area contributed by atoms with Crippen LogP contribution in [0.25, 0.3) is 21.1 Å². The Hall–Kier alpha value is -2.66. The third-order valence-corrected chi connectivity index (χ3v) is 5.42. The molecule has 1 unspecified atom stereocenters. The first kappa shape index (κ1) is 15.8. The maximum Gasteiger partial charge on any atom is 0.261 e. The van der Waals surface area contributed by atoms with Gasteiger partial charge in [-0.3, -0.25) is 4.79 Å². The van der Waals surface area contributed by atoms with E-state index >= 15 is 0 Å². The fraction of sp³-hybridized carbons (Fsp3) is 0.200. The summed E-state index contributed by atoms with van der Waals surface area (Å²) in [7, 11) is 0. The highest BCUT2D eigenvalue weighted by Crippen LogP contribution is 2.27. The highest BCUT2D eigenvalue weighted by atomic mass is 32.1. The number of carbonyl (C=O) groups excluding carboxylic acids is 1. The minimum absolute atomic E-state index is 0.0552. The minimum atomic E-state index is -0.162. The molecule has 126 valence electrons. The lowest BCUT2D eigenvalue weighted by Crippen LogP contribution is -2.32. The molecule has 0 fully saturated rings. The van der Waals surface area contributed by atoms with Crippen LogP contribution in [0, 0.1) is 5.92 Å². The third kappa shape index (κ3) is 3.03. The van der Waals surface area contributed by atoms with E-state index in [-0.39, 0.29) is 17.9 Å². The molecule has 2 heterocycles. The molecule has 4 rings (SSSR count). The number of hydrogen-bond donors (Lipinski definition) is 2. The molecule has 2 N–H and O–H groups in total. The standard InChI is InChI=1S/C20H19N3OS/c1-12(2)18(19-21-14-8-4-5-9-15(14)22-19)23-20(24)17-11-13-7-3-6-10-16(13)25-17/h3-12,18H,1-2H3,(H,21,22)(H,23,24). The van der Waals surface area contributed by atoms with Crippen LogP contribution in [0.15, 0.2) is 54.6 Å². The van der Waals surface area contributed by atoms with Crippen LogP contribution in [-0.4, -0.2) is 15.9 Å². The zero-order chi connectivity index (χ0) is 17.4. The van der Waals surface area contributed by atoms with E-state index in [9.17, 15) is 4.79 Å². The number of nitrogens with one attached hydrogen (secondary N) is 2. The summed E-state index contributed by atoms with van der Waals surface area (Å²) < 4.78 is 1.12. The van der Waals surface area contributed by atoms with E-state index in [1.807, 2.05) is 54.6 Å². The molecule has 0 bridgehead atoms. The van der Waals surface area contributed by atoms with Crippen LogP contribution in [0.1, 0.15) is 35.4 Å². The number of fused-ring (bicyclic) bond motifs is 2. The van der Waals surface area contributed by atoms with Crippen LogP contribution < -0.4 is 5.32 Å². The quantitative estimate of drug-likeness (QED) is 0.550. The van der Waals surface area contributed by atoms with Crippen molar-refractivity contribution in [3.63, 3.8) is 0 Å². The topological polar surface area (TPSA) is 57.8 Å². The van der Waals surface area contributed by atoms with Crippen LogP contribution in [0.4, 0.5) is 0 Å². The molecule has 4 aromatic rings. The number of rotatable bonds is 4. The number of H-pyrrole nitrogens is 1. The average Bonchev–Trinajstić information content (AvgIpc) is 3.22. The number of amides is 1. The molecule has 0 radical (unpaired) electrons. The highest BCUT2D eigenvalue weighted by molar-refractivity contribution is 7.20. The van der Waals surface area contributed by atoms with E-state index in [4.69, 9.17) is 0 Å². The first-order valence-electron chi connectivity index (χ1n) is 8.36. The van der Waals surface area contributed by atoms with Gasteiger partial charge in [0.25, 0.3) is 5.91 Å². The lowest BCUT2D eigenvalue weighted by Gasteiger charge is -2.19. The van der Waals surface area contributed by atoms with Crippen molar-refractivity contribution in [1.82, 2.24) is 15.3 Å². The number of benzene rings is 2. The van der Waals surface area contributed by atoms with Gasteiger partial charge in [-0.05, 0) is 35.6 Å². The number of nitrogens with zero attached hydrogens (tertiary/aromatic N) is 1. The van der Waals surface area contributed by atoms with Crippen molar-refractivity contribution < 1.29 is 4.79 Å². The van der Waals surface area contributed by atoms with Crippen molar-refractivity contribution in [2.24, 2.45) is 5.92 Å². The Kier molecular flexibility index (Phi) is 4.01. The second-order valence-electron chi connectivity index (χ2n) is 6.48. The highest BCUT2D eigenvalue weighted by Gasteiger charge is 2.23. The minimum Gasteiger partial charge on any atom is -0.341 e. The van der Waals surface area contributed by atoms with Crippen LogP contribution >= 0.6 is 11.3 Å². The van der Waals surface area contributed by atoms with E-state index in [0.717, 1.165) is 31.8 Å². The fourth-order valence-electron chi connectivity index (χ4n) is 2.98. The first-order valence-corrected chi connectivity index (χ1v) is 9.17. The van der Waals surface area contributed by atoms with Crippen molar-refractivity contribution in [3.8, 4) is 0 Å². The molecule has 2 aromatic heterocycles. The van der Waals surface area contributed by atoms with Crippen molar-refractivity contribution in [1.29, 1.82) is 0 Å². The van der Waals surface area contributed by atoms with E-state index in [1.54, 1.807) is 0 Å². The van der Waals surface area contributed by atoms with Gasteiger partial charge in [-0.2, -0.15) is 0 Å². The Morgan fingerprint density at radius 2 is 1.88 bits per heavy atom. The Labute approximate surface area is 149 Å². The predicted molar refractivity (Wildman–Crippen MR) is 103 cm³/mol. The lowest BCUT2D eigenvalue weighted by molar-refractivity contribution is 0.0927. The van der Waals surface area contributed by atoms with Gasteiger partial charge in [-0.15, -0.1) is 11.3 Å². The van der Waals surface area contributed by atoms with Gasteiger partial charge in [-0.1, -0.05) is 44.2 Å². The molecule has 0 saturated carbocycles. The van der Waals surface area contributed by atoms with Crippen LogP contribution in [0.3, 0.4) is 0 Å². The van der Waals surface area contributed by atoms with Gasteiger partial charge >= 0.3 is 0 Å². The normalized spacial score (nSPS) is 12.8. The average molecular weight is 349 g/mol. The van der Waals surface area contributed by atoms with Gasteiger partial charge in [0.05, 0.1) is 22.0 Å². The summed E-state index contributed by atoms with van der Waals surface area (Å²) in [4.78, 5) is 21.5. The zero-order valence-corrected chi connectivity index (χ0v) is 14.9. The van der Waals surface area contributed by atoms with Crippen molar-refractivity contribution in [2.75, 3.05) is 0 Å². The Balaban J connectivity index is 1.63. The monoisotopic (exact) mass is 349 g/mol. The van der Waals surface area contributed by atoms with Crippen molar-refractivity contribution in [2.45, 2.75) is 19.9 Å². The molecule has 0 saturated heterocycles. The summed E-state index contributed by atoms with van der Waals surface area (Å²) >= 11 is 1.52. The summed E-state index contributed by atoms with van der Waals surface area (Å²) in [6, 6.07) is 17.7. The van der Waals surface area contributed by atoms with Gasteiger partial charge in [0.1, 0.15) is 5.82 Å². The molecule has 1 atom stereocenters. The van der Waals surface area contributed by atoms with Gasteiger partial charge in [-0.25, -0.2) is 4.98 Å².